The standard InChI is InChI=1S/C21H14N2O6S/c24-18-11-16(21(25)26)12-5-1-4-8-15(12)20(18)23-22-17-9-10-19(30(27,28)29)14-7-3-2-6-13(14)17/h1-11,24H,(H,25,26)(H,27,28,29). The van der Waals surface area contributed by atoms with Crippen LogP contribution in [0.2, 0.25) is 0 Å². The number of hydrogen-bond donors (Lipinski definition) is 3. The molecule has 0 heterocycles. The SMILES string of the molecule is O=C(O)c1cc(O)c(N=Nc2ccc(S(=O)(=O)O)c3ccccc23)c2ccccc12. The quantitative estimate of drug-likeness (QED) is 0.311. The fourth-order valence-corrected chi connectivity index (χ4v) is 3.99. The van der Waals surface area contributed by atoms with E-state index < -0.39 is 16.1 Å². The van der Waals surface area contributed by atoms with E-state index in [1.807, 2.05) is 0 Å². The number of fused-ring (bicyclic) bond motifs is 2. The van der Waals surface area contributed by atoms with E-state index in [1.165, 1.54) is 18.2 Å². The maximum absolute atomic E-state index is 11.6. The summed E-state index contributed by atoms with van der Waals surface area (Å²) in [4.78, 5) is 11.2. The van der Waals surface area contributed by atoms with Gasteiger partial charge in [-0.05, 0) is 23.6 Å². The molecule has 0 amide bonds. The highest BCUT2D eigenvalue weighted by Crippen LogP contribution is 2.39. The van der Waals surface area contributed by atoms with Crippen LogP contribution >= 0.6 is 0 Å². The summed E-state index contributed by atoms with van der Waals surface area (Å²) in [5, 5.41) is 29.5. The molecular formula is C21H14N2O6S. The first-order chi connectivity index (χ1) is 14.3. The third-order valence-corrected chi connectivity index (χ3v) is 5.53. The highest BCUT2D eigenvalue weighted by molar-refractivity contribution is 7.86. The van der Waals surface area contributed by atoms with Crippen LogP contribution in [0.1, 0.15) is 10.4 Å². The maximum atomic E-state index is 11.6. The normalized spacial score (nSPS) is 12.0. The third-order valence-electron chi connectivity index (χ3n) is 4.62. The first kappa shape index (κ1) is 19.5. The molecule has 150 valence electrons. The van der Waals surface area contributed by atoms with Crippen molar-refractivity contribution in [2.45, 2.75) is 4.90 Å². The summed E-state index contributed by atoms with van der Waals surface area (Å²) in [5.74, 6) is -1.54. The van der Waals surface area contributed by atoms with Gasteiger partial charge in [0.2, 0.25) is 0 Å². The summed E-state index contributed by atoms with van der Waals surface area (Å²) >= 11 is 0. The van der Waals surface area contributed by atoms with Crippen LogP contribution < -0.4 is 0 Å². The fourth-order valence-electron chi connectivity index (χ4n) is 3.30. The van der Waals surface area contributed by atoms with Gasteiger partial charge in [-0.2, -0.15) is 8.42 Å². The maximum Gasteiger partial charge on any atom is 0.336 e. The molecule has 4 rings (SSSR count). The lowest BCUT2D eigenvalue weighted by molar-refractivity contribution is 0.0698. The van der Waals surface area contributed by atoms with Gasteiger partial charge in [-0.15, -0.1) is 10.2 Å². The molecule has 0 aliphatic carbocycles. The van der Waals surface area contributed by atoms with E-state index in [-0.39, 0.29) is 27.3 Å². The summed E-state index contributed by atoms with van der Waals surface area (Å²) in [5.41, 5.74) is 0.326. The Kier molecular flexibility index (Phi) is 4.69. The molecule has 30 heavy (non-hydrogen) atoms. The van der Waals surface area contributed by atoms with Crippen LogP contribution in [0.4, 0.5) is 11.4 Å². The molecule has 8 nitrogen and oxygen atoms in total. The van der Waals surface area contributed by atoms with Gasteiger partial charge in [0.15, 0.2) is 0 Å². The summed E-state index contributed by atoms with van der Waals surface area (Å²) in [6, 6.07) is 16.8. The van der Waals surface area contributed by atoms with Crippen molar-refractivity contribution < 1.29 is 28.0 Å². The topological polar surface area (TPSA) is 137 Å². The molecule has 4 aromatic rings. The zero-order chi connectivity index (χ0) is 21.5. The van der Waals surface area contributed by atoms with Crippen molar-refractivity contribution >= 4 is 49.0 Å². The third kappa shape index (κ3) is 3.36. The Hall–Kier alpha value is -3.82. The Balaban J connectivity index is 1.91. The average molecular weight is 422 g/mol. The molecule has 0 aliphatic rings. The Morgan fingerprint density at radius 3 is 2.03 bits per heavy atom. The number of aromatic hydroxyl groups is 1. The lowest BCUT2D eigenvalue weighted by Crippen LogP contribution is -1.98. The van der Waals surface area contributed by atoms with Crippen molar-refractivity contribution in [3.63, 3.8) is 0 Å². The number of aromatic carboxylic acids is 1. The number of rotatable bonds is 4. The smallest absolute Gasteiger partial charge is 0.336 e. The first-order valence-corrected chi connectivity index (χ1v) is 10.1. The van der Waals surface area contributed by atoms with Crippen molar-refractivity contribution in [3.8, 4) is 5.75 Å². The number of azo groups is 1. The van der Waals surface area contributed by atoms with Crippen molar-refractivity contribution in [1.82, 2.24) is 0 Å². The zero-order valence-corrected chi connectivity index (χ0v) is 16.0. The van der Waals surface area contributed by atoms with Gasteiger partial charge in [0.25, 0.3) is 10.1 Å². The van der Waals surface area contributed by atoms with Gasteiger partial charge in [-0.25, -0.2) is 4.79 Å². The number of carbonyl (C=O) groups is 1. The van der Waals surface area contributed by atoms with E-state index in [4.69, 9.17) is 0 Å². The van der Waals surface area contributed by atoms with Gasteiger partial charge in [-0.1, -0.05) is 48.5 Å². The minimum absolute atomic E-state index is 0.0648. The Bertz CT molecular complexity index is 1460. The lowest BCUT2D eigenvalue weighted by Gasteiger charge is -2.08. The molecule has 3 N–H and O–H groups in total. The minimum Gasteiger partial charge on any atom is -0.506 e. The van der Waals surface area contributed by atoms with Gasteiger partial charge in [0.1, 0.15) is 16.3 Å². The van der Waals surface area contributed by atoms with Gasteiger partial charge in [0.05, 0.1) is 11.3 Å². The predicted octanol–water partition coefficient (Wildman–Crippen LogP) is 5.06. The van der Waals surface area contributed by atoms with Crippen LogP contribution in [0, 0.1) is 0 Å². The van der Waals surface area contributed by atoms with Crippen molar-refractivity contribution in [2.24, 2.45) is 10.2 Å². The number of carboxylic acids is 1. The highest BCUT2D eigenvalue weighted by Gasteiger charge is 2.17. The predicted molar refractivity (Wildman–Crippen MR) is 111 cm³/mol. The van der Waals surface area contributed by atoms with Crippen molar-refractivity contribution in [1.29, 1.82) is 0 Å². The Morgan fingerprint density at radius 2 is 1.40 bits per heavy atom. The number of nitrogens with zero attached hydrogens (tertiary/aromatic N) is 2. The van der Waals surface area contributed by atoms with Gasteiger partial charge < -0.3 is 10.2 Å². The first-order valence-electron chi connectivity index (χ1n) is 8.66. The van der Waals surface area contributed by atoms with Crippen LogP contribution in [0.3, 0.4) is 0 Å². The number of benzene rings is 4. The van der Waals surface area contributed by atoms with Gasteiger partial charge >= 0.3 is 5.97 Å². The second kappa shape index (κ2) is 7.21. The van der Waals surface area contributed by atoms with E-state index in [9.17, 15) is 28.0 Å². The van der Waals surface area contributed by atoms with E-state index in [2.05, 4.69) is 10.2 Å². The second-order valence-corrected chi connectivity index (χ2v) is 7.84. The lowest BCUT2D eigenvalue weighted by atomic mass is 10.0. The monoisotopic (exact) mass is 422 g/mol. The van der Waals surface area contributed by atoms with Crippen LogP contribution in [-0.2, 0) is 10.1 Å². The molecule has 0 aliphatic heterocycles. The number of phenolic OH excluding ortho intramolecular Hbond substituents is 1. The van der Waals surface area contributed by atoms with Crippen molar-refractivity contribution in [2.75, 3.05) is 0 Å². The molecule has 0 bridgehead atoms. The van der Waals surface area contributed by atoms with E-state index in [1.54, 1.807) is 42.5 Å². The van der Waals surface area contributed by atoms with Crippen LogP contribution in [0.5, 0.6) is 5.75 Å². The molecule has 0 fully saturated rings. The summed E-state index contributed by atoms with van der Waals surface area (Å²) < 4.78 is 32.7. The zero-order valence-electron chi connectivity index (χ0n) is 15.2. The summed E-state index contributed by atoms with van der Waals surface area (Å²) in [7, 11) is -4.43. The van der Waals surface area contributed by atoms with E-state index in [0.29, 0.717) is 21.8 Å². The van der Waals surface area contributed by atoms with Crippen LogP contribution in [-0.4, -0.2) is 29.2 Å². The Labute approximate surface area is 170 Å². The second-order valence-electron chi connectivity index (χ2n) is 6.45. The molecule has 0 spiro atoms. The van der Waals surface area contributed by atoms with Gasteiger partial charge in [-0.3, -0.25) is 4.55 Å². The van der Waals surface area contributed by atoms with Crippen molar-refractivity contribution in [3.05, 3.63) is 72.3 Å². The Morgan fingerprint density at radius 1 is 0.800 bits per heavy atom. The molecule has 0 atom stereocenters. The summed E-state index contributed by atoms with van der Waals surface area (Å²) in [6.45, 7) is 0. The van der Waals surface area contributed by atoms with Crippen LogP contribution in [0.15, 0.2) is 81.9 Å². The minimum atomic E-state index is -4.43. The molecule has 0 saturated heterocycles. The molecule has 0 saturated carbocycles. The number of carboxylic acid groups (broad SMARTS) is 1. The average Bonchev–Trinajstić information content (AvgIpc) is 2.71. The molecule has 0 aromatic heterocycles. The van der Waals surface area contributed by atoms with Gasteiger partial charge in [0, 0.05) is 16.2 Å². The van der Waals surface area contributed by atoms with Crippen LogP contribution in [0.25, 0.3) is 21.5 Å². The molecule has 0 unspecified atom stereocenters. The number of hydrogen-bond acceptors (Lipinski definition) is 6. The molecule has 9 heteroatoms. The summed E-state index contributed by atoms with van der Waals surface area (Å²) in [6.07, 6.45) is 0. The fraction of sp³-hybridized carbons (Fsp3) is 0. The molecule has 4 aromatic carbocycles. The molecule has 0 radical (unpaired) electrons. The highest BCUT2D eigenvalue weighted by atomic mass is 32.2. The largest absolute Gasteiger partial charge is 0.506 e. The van der Waals surface area contributed by atoms with E-state index >= 15 is 0 Å². The number of phenols is 1. The molecular weight excluding hydrogens is 408 g/mol. The van der Waals surface area contributed by atoms with E-state index in [0.717, 1.165) is 6.07 Å².